The summed E-state index contributed by atoms with van der Waals surface area (Å²) in [5.74, 6) is -1.93. The van der Waals surface area contributed by atoms with Gasteiger partial charge in [-0.1, -0.05) is 72.3 Å². The summed E-state index contributed by atoms with van der Waals surface area (Å²) in [6.07, 6.45) is 1.52. The van der Waals surface area contributed by atoms with E-state index in [2.05, 4.69) is 5.32 Å². The second-order valence-corrected chi connectivity index (χ2v) is 9.12. The number of nitrogens with one attached hydrogen (secondary N) is 1. The van der Waals surface area contributed by atoms with Gasteiger partial charge in [-0.3, -0.25) is 9.59 Å². The fraction of sp³-hybridized carbons (Fsp3) is 0.276. The lowest BCUT2D eigenvalue weighted by Gasteiger charge is -2.32. The van der Waals surface area contributed by atoms with Gasteiger partial charge < -0.3 is 15.3 Å². The van der Waals surface area contributed by atoms with Crippen LogP contribution in [0.5, 0.6) is 0 Å². The van der Waals surface area contributed by atoms with E-state index in [4.69, 9.17) is 0 Å². The fourth-order valence-corrected chi connectivity index (χ4v) is 4.44. The number of benzene rings is 3. The van der Waals surface area contributed by atoms with Crippen LogP contribution in [-0.4, -0.2) is 46.9 Å². The summed E-state index contributed by atoms with van der Waals surface area (Å²) in [4.78, 5) is 39.5. The highest BCUT2D eigenvalue weighted by atomic mass is 16.4. The molecule has 0 saturated carbocycles. The van der Waals surface area contributed by atoms with Crippen molar-refractivity contribution in [2.24, 2.45) is 5.92 Å². The highest BCUT2D eigenvalue weighted by Gasteiger charge is 2.31. The van der Waals surface area contributed by atoms with E-state index < -0.39 is 17.9 Å². The van der Waals surface area contributed by atoms with Gasteiger partial charge in [0.1, 0.15) is 6.04 Å². The van der Waals surface area contributed by atoms with E-state index >= 15 is 0 Å². The third-order valence-electron chi connectivity index (χ3n) is 6.49. The van der Waals surface area contributed by atoms with Gasteiger partial charge in [-0.2, -0.15) is 0 Å². The second kappa shape index (κ2) is 11.0. The average Bonchev–Trinajstić information content (AvgIpc) is 2.89. The Morgan fingerprint density at radius 1 is 0.943 bits per heavy atom. The van der Waals surface area contributed by atoms with Gasteiger partial charge in [0, 0.05) is 25.1 Å². The number of rotatable bonds is 7. The van der Waals surface area contributed by atoms with Crippen molar-refractivity contribution in [1.29, 1.82) is 0 Å². The number of carbonyl (C=O) groups is 3. The molecule has 1 aliphatic rings. The van der Waals surface area contributed by atoms with Crippen LogP contribution in [0.25, 0.3) is 11.1 Å². The van der Waals surface area contributed by atoms with E-state index in [-0.39, 0.29) is 24.8 Å². The Kier molecular flexibility index (Phi) is 7.60. The van der Waals surface area contributed by atoms with Crippen LogP contribution in [0.2, 0.25) is 0 Å². The molecule has 35 heavy (non-hydrogen) atoms. The fourth-order valence-electron chi connectivity index (χ4n) is 4.44. The molecule has 1 unspecified atom stereocenters. The second-order valence-electron chi connectivity index (χ2n) is 9.12. The highest BCUT2D eigenvalue weighted by molar-refractivity contribution is 5.95. The minimum atomic E-state index is -1.08. The monoisotopic (exact) mass is 470 g/mol. The van der Waals surface area contributed by atoms with E-state index in [0.717, 1.165) is 22.3 Å². The van der Waals surface area contributed by atoms with Crippen molar-refractivity contribution in [3.8, 4) is 11.1 Å². The van der Waals surface area contributed by atoms with Crippen molar-refractivity contribution < 1.29 is 19.5 Å². The van der Waals surface area contributed by atoms with Crippen molar-refractivity contribution in [3.63, 3.8) is 0 Å². The number of aryl methyl sites for hydroxylation is 1. The number of hydrogen-bond donors (Lipinski definition) is 2. The Morgan fingerprint density at radius 3 is 2.26 bits per heavy atom. The Balaban J connectivity index is 1.38. The van der Waals surface area contributed by atoms with Gasteiger partial charge in [0.25, 0.3) is 5.91 Å². The van der Waals surface area contributed by atoms with Crippen LogP contribution >= 0.6 is 0 Å². The molecule has 1 saturated heterocycles. The zero-order valence-electron chi connectivity index (χ0n) is 19.8. The van der Waals surface area contributed by atoms with Gasteiger partial charge in [-0.25, -0.2) is 4.79 Å². The summed E-state index contributed by atoms with van der Waals surface area (Å²) < 4.78 is 0. The standard InChI is InChI=1S/C29H30N2O4/c1-20-9-13-24(14-10-20)28(33)31-17-5-8-25(19-31)27(32)30-26(29(34)35)18-21-11-15-23(16-12-21)22-6-3-2-4-7-22/h2-4,6-7,9-16,25-26H,5,8,17-19H2,1H3,(H,30,32)(H,34,35)/t25?,26-/m0/s1. The molecule has 1 heterocycles. The molecular formula is C29H30N2O4. The molecule has 3 aromatic rings. The maximum absolute atomic E-state index is 13.0. The number of nitrogens with zero attached hydrogens (tertiary/aromatic N) is 1. The van der Waals surface area contributed by atoms with Gasteiger partial charge >= 0.3 is 5.97 Å². The van der Waals surface area contributed by atoms with Gasteiger partial charge in [-0.05, 0) is 48.6 Å². The predicted octanol–water partition coefficient (Wildman–Crippen LogP) is 4.33. The summed E-state index contributed by atoms with van der Waals surface area (Å²) in [5.41, 5.74) is 4.64. The molecule has 2 atom stereocenters. The van der Waals surface area contributed by atoms with Crippen molar-refractivity contribution in [1.82, 2.24) is 10.2 Å². The molecule has 2 amide bonds. The summed E-state index contributed by atoms with van der Waals surface area (Å²) in [6.45, 7) is 2.84. The molecule has 1 aliphatic heterocycles. The van der Waals surface area contributed by atoms with Gasteiger partial charge in [0.05, 0.1) is 5.92 Å². The first-order chi connectivity index (χ1) is 16.9. The molecule has 1 fully saturated rings. The first-order valence-corrected chi connectivity index (χ1v) is 11.9. The third-order valence-corrected chi connectivity index (χ3v) is 6.49. The van der Waals surface area contributed by atoms with E-state index in [0.29, 0.717) is 24.9 Å². The molecule has 6 nitrogen and oxygen atoms in total. The average molecular weight is 471 g/mol. The Morgan fingerprint density at radius 2 is 1.60 bits per heavy atom. The largest absolute Gasteiger partial charge is 0.480 e. The van der Waals surface area contributed by atoms with Crippen molar-refractivity contribution in [2.75, 3.05) is 13.1 Å². The van der Waals surface area contributed by atoms with Crippen molar-refractivity contribution >= 4 is 17.8 Å². The van der Waals surface area contributed by atoms with Crippen molar-refractivity contribution in [3.05, 3.63) is 95.6 Å². The van der Waals surface area contributed by atoms with Crippen LogP contribution < -0.4 is 5.32 Å². The highest BCUT2D eigenvalue weighted by Crippen LogP contribution is 2.21. The van der Waals surface area contributed by atoms with Gasteiger partial charge in [0.2, 0.25) is 5.91 Å². The molecule has 0 bridgehead atoms. The molecule has 3 aromatic carbocycles. The van der Waals surface area contributed by atoms with Gasteiger partial charge in [-0.15, -0.1) is 0 Å². The Labute approximate surface area is 205 Å². The maximum atomic E-state index is 13.0. The molecule has 4 rings (SSSR count). The van der Waals surface area contributed by atoms with E-state index in [1.54, 1.807) is 17.0 Å². The zero-order chi connectivity index (χ0) is 24.8. The SMILES string of the molecule is Cc1ccc(C(=O)N2CCCC(C(=O)N[C@@H](Cc3ccc(-c4ccccc4)cc3)C(=O)O)C2)cc1. The van der Waals surface area contributed by atoms with E-state index in [9.17, 15) is 19.5 Å². The number of carboxylic acid groups (broad SMARTS) is 1. The topological polar surface area (TPSA) is 86.7 Å². The summed E-state index contributed by atoms with van der Waals surface area (Å²) in [5, 5.41) is 12.5. The maximum Gasteiger partial charge on any atom is 0.326 e. The lowest BCUT2D eigenvalue weighted by atomic mass is 9.95. The molecule has 0 radical (unpaired) electrons. The predicted molar refractivity (Wildman–Crippen MR) is 135 cm³/mol. The molecule has 0 aliphatic carbocycles. The number of piperidine rings is 1. The molecule has 0 spiro atoms. The number of aliphatic carboxylic acids is 1. The molecule has 2 N–H and O–H groups in total. The van der Waals surface area contributed by atoms with E-state index in [1.807, 2.05) is 73.7 Å². The number of amides is 2. The first-order valence-electron chi connectivity index (χ1n) is 11.9. The minimum absolute atomic E-state index is 0.101. The molecule has 180 valence electrons. The van der Waals surface area contributed by atoms with E-state index in [1.165, 1.54) is 0 Å². The van der Waals surface area contributed by atoms with Gasteiger partial charge in [0.15, 0.2) is 0 Å². The summed E-state index contributed by atoms with van der Waals surface area (Å²) in [6, 6.07) is 24.0. The Bertz CT molecular complexity index is 1170. The normalized spacial score (nSPS) is 16.4. The molecule has 6 heteroatoms. The number of hydrogen-bond acceptors (Lipinski definition) is 3. The first kappa shape index (κ1) is 24.2. The van der Waals surface area contributed by atoms with Crippen LogP contribution in [0.4, 0.5) is 0 Å². The minimum Gasteiger partial charge on any atom is -0.480 e. The molecule has 0 aromatic heterocycles. The third kappa shape index (κ3) is 6.15. The lowest BCUT2D eigenvalue weighted by molar-refractivity contribution is -0.142. The zero-order valence-corrected chi connectivity index (χ0v) is 19.8. The number of likely N-dealkylation sites (tertiary alicyclic amines) is 1. The number of carbonyl (C=O) groups excluding carboxylic acids is 2. The van der Waals surface area contributed by atoms with Crippen LogP contribution in [-0.2, 0) is 16.0 Å². The van der Waals surface area contributed by atoms with Crippen LogP contribution in [0, 0.1) is 12.8 Å². The summed E-state index contributed by atoms with van der Waals surface area (Å²) in [7, 11) is 0. The van der Waals surface area contributed by atoms with Crippen LogP contribution in [0.3, 0.4) is 0 Å². The molecular weight excluding hydrogens is 440 g/mol. The quantitative estimate of drug-likeness (QED) is 0.538. The van der Waals surface area contributed by atoms with Crippen LogP contribution in [0.15, 0.2) is 78.9 Å². The number of carboxylic acids is 1. The van der Waals surface area contributed by atoms with Crippen LogP contribution in [0.1, 0.15) is 34.3 Å². The lowest BCUT2D eigenvalue weighted by Crippen LogP contribution is -2.50. The Hall–Kier alpha value is -3.93. The smallest absolute Gasteiger partial charge is 0.326 e. The van der Waals surface area contributed by atoms with Crippen molar-refractivity contribution in [2.45, 2.75) is 32.2 Å². The summed E-state index contributed by atoms with van der Waals surface area (Å²) >= 11 is 0.